The lowest BCUT2D eigenvalue weighted by Crippen LogP contribution is -2.38. The molecule has 0 saturated carbocycles. The fourth-order valence-electron chi connectivity index (χ4n) is 4.06. The summed E-state index contributed by atoms with van der Waals surface area (Å²) in [4.78, 5) is 31.5. The molecule has 1 aromatic heterocycles. The number of piperidine rings is 1. The van der Waals surface area contributed by atoms with E-state index >= 15 is 0 Å². The summed E-state index contributed by atoms with van der Waals surface area (Å²) in [5, 5.41) is 11.8. The summed E-state index contributed by atoms with van der Waals surface area (Å²) in [6, 6.07) is 18.1. The van der Waals surface area contributed by atoms with Crippen molar-refractivity contribution in [1.29, 1.82) is 5.26 Å². The van der Waals surface area contributed by atoms with Gasteiger partial charge in [0.05, 0.1) is 24.4 Å². The smallest absolute Gasteiger partial charge is 0.255 e. The van der Waals surface area contributed by atoms with Crippen LogP contribution in [0.25, 0.3) is 0 Å². The van der Waals surface area contributed by atoms with E-state index in [2.05, 4.69) is 16.4 Å². The van der Waals surface area contributed by atoms with Crippen LogP contribution in [0.15, 0.2) is 67.0 Å². The third-order valence-electron chi connectivity index (χ3n) is 5.93. The van der Waals surface area contributed by atoms with Crippen molar-refractivity contribution in [3.8, 4) is 11.8 Å². The number of amides is 2. The molecule has 2 aromatic carbocycles. The van der Waals surface area contributed by atoms with E-state index in [-0.39, 0.29) is 11.8 Å². The highest BCUT2D eigenvalue weighted by atomic mass is 16.5. The van der Waals surface area contributed by atoms with Crippen LogP contribution in [0.2, 0.25) is 0 Å². The predicted molar refractivity (Wildman–Crippen MR) is 124 cm³/mol. The summed E-state index contributed by atoms with van der Waals surface area (Å²) in [7, 11) is 1.52. The van der Waals surface area contributed by atoms with Gasteiger partial charge in [-0.3, -0.25) is 14.6 Å². The molecule has 0 atom stereocenters. The average Bonchev–Trinajstić information content (AvgIpc) is 2.89. The van der Waals surface area contributed by atoms with E-state index in [9.17, 15) is 9.59 Å². The van der Waals surface area contributed by atoms with Crippen molar-refractivity contribution in [2.24, 2.45) is 0 Å². The van der Waals surface area contributed by atoms with Crippen molar-refractivity contribution in [3.05, 3.63) is 89.2 Å². The second-order valence-corrected chi connectivity index (χ2v) is 7.91. The number of carbonyl (C=O) groups is 2. The largest absolute Gasteiger partial charge is 0.495 e. The molecule has 1 saturated heterocycles. The first-order valence-electron chi connectivity index (χ1n) is 10.8. The minimum atomic E-state index is -0.302. The molecule has 1 aliphatic rings. The summed E-state index contributed by atoms with van der Waals surface area (Å²) < 4.78 is 5.37. The van der Waals surface area contributed by atoms with Crippen LogP contribution in [0.5, 0.6) is 5.75 Å². The summed E-state index contributed by atoms with van der Waals surface area (Å²) >= 11 is 0. The molecule has 0 aliphatic carbocycles. The number of hydrogen-bond donors (Lipinski definition) is 1. The van der Waals surface area contributed by atoms with Gasteiger partial charge in [0, 0.05) is 36.6 Å². The zero-order valence-electron chi connectivity index (χ0n) is 18.3. The molecule has 1 fully saturated rings. The Morgan fingerprint density at radius 1 is 1.03 bits per heavy atom. The van der Waals surface area contributed by atoms with Gasteiger partial charge in [-0.05, 0) is 66.8 Å². The molecule has 4 rings (SSSR count). The van der Waals surface area contributed by atoms with Crippen molar-refractivity contribution in [1.82, 2.24) is 9.88 Å². The van der Waals surface area contributed by atoms with E-state index in [1.165, 1.54) is 12.7 Å². The van der Waals surface area contributed by atoms with Crippen LogP contribution in [0.1, 0.15) is 50.6 Å². The number of benzene rings is 2. The molecule has 33 heavy (non-hydrogen) atoms. The normalized spacial score (nSPS) is 13.8. The summed E-state index contributed by atoms with van der Waals surface area (Å²) in [5.41, 5.74) is 3.26. The van der Waals surface area contributed by atoms with E-state index in [1.54, 1.807) is 42.7 Å². The van der Waals surface area contributed by atoms with Crippen LogP contribution in [0.3, 0.4) is 0 Å². The minimum absolute atomic E-state index is 0.0738. The minimum Gasteiger partial charge on any atom is -0.495 e. The van der Waals surface area contributed by atoms with Crippen molar-refractivity contribution in [3.63, 3.8) is 0 Å². The van der Waals surface area contributed by atoms with Gasteiger partial charge in [0.1, 0.15) is 5.75 Å². The zero-order valence-corrected chi connectivity index (χ0v) is 18.3. The van der Waals surface area contributed by atoms with Gasteiger partial charge in [-0.15, -0.1) is 0 Å². The molecule has 2 heterocycles. The Morgan fingerprint density at radius 2 is 1.73 bits per heavy atom. The molecule has 7 nitrogen and oxygen atoms in total. The zero-order chi connectivity index (χ0) is 23.2. The number of ether oxygens (including phenoxy) is 1. The van der Waals surface area contributed by atoms with Gasteiger partial charge in [-0.2, -0.15) is 5.26 Å². The Labute approximate surface area is 192 Å². The molecule has 7 heteroatoms. The van der Waals surface area contributed by atoms with Gasteiger partial charge < -0.3 is 15.0 Å². The Balaban J connectivity index is 1.44. The Morgan fingerprint density at radius 3 is 2.36 bits per heavy atom. The van der Waals surface area contributed by atoms with Crippen molar-refractivity contribution in [2.75, 3.05) is 25.5 Å². The number of nitrogens with zero attached hydrogens (tertiary/aromatic N) is 3. The SMILES string of the molecule is COc1ccc(C(=O)N2CCC(c3ccc(C#N)cc3)CC2)cc1NC(=O)c1ccncc1. The first-order valence-corrected chi connectivity index (χ1v) is 10.8. The molecule has 0 bridgehead atoms. The number of nitrogens with one attached hydrogen (secondary N) is 1. The number of carbonyl (C=O) groups excluding carboxylic acids is 2. The van der Waals surface area contributed by atoms with E-state index in [4.69, 9.17) is 10.00 Å². The van der Waals surface area contributed by atoms with E-state index in [1.807, 2.05) is 29.2 Å². The molecular formula is C26H24N4O3. The molecule has 0 radical (unpaired) electrons. The van der Waals surface area contributed by atoms with Gasteiger partial charge in [0.15, 0.2) is 0 Å². The topological polar surface area (TPSA) is 95.3 Å². The van der Waals surface area contributed by atoms with Crippen molar-refractivity contribution >= 4 is 17.5 Å². The Hall–Kier alpha value is -4.18. The first kappa shape index (κ1) is 22.0. The highest BCUT2D eigenvalue weighted by molar-refractivity contribution is 6.06. The lowest BCUT2D eigenvalue weighted by Gasteiger charge is -2.32. The lowest BCUT2D eigenvalue weighted by atomic mass is 9.89. The van der Waals surface area contributed by atoms with Crippen LogP contribution < -0.4 is 10.1 Å². The van der Waals surface area contributed by atoms with Crippen molar-refractivity contribution < 1.29 is 14.3 Å². The number of pyridine rings is 1. The number of methoxy groups -OCH3 is 1. The number of rotatable bonds is 5. The maximum Gasteiger partial charge on any atom is 0.255 e. The summed E-state index contributed by atoms with van der Waals surface area (Å²) in [6.45, 7) is 1.29. The average molecular weight is 441 g/mol. The van der Waals surface area contributed by atoms with E-state index in [0.717, 1.165) is 12.8 Å². The highest BCUT2D eigenvalue weighted by Crippen LogP contribution is 2.30. The molecule has 3 aromatic rings. The second-order valence-electron chi connectivity index (χ2n) is 7.91. The van der Waals surface area contributed by atoms with Gasteiger partial charge in [-0.1, -0.05) is 12.1 Å². The van der Waals surface area contributed by atoms with E-state index in [0.29, 0.717) is 47.1 Å². The number of nitriles is 1. The molecule has 1 N–H and O–H groups in total. The number of aromatic nitrogens is 1. The lowest BCUT2D eigenvalue weighted by molar-refractivity contribution is 0.0712. The monoisotopic (exact) mass is 440 g/mol. The van der Waals surface area contributed by atoms with E-state index < -0.39 is 0 Å². The molecular weight excluding hydrogens is 416 g/mol. The molecule has 0 unspecified atom stereocenters. The van der Waals surface area contributed by atoms with Crippen molar-refractivity contribution in [2.45, 2.75) is 18.8 Å². The maximum absolute atomic E-state index is 13.2. The second kappa shape index (κ2) is 9.96. The third-order valence-corrected chi connectivity index (χ3v) is 5.93. The van der Waals surface area contributed by atoms with Gasteiger partial charge in [0.2, 0.25) is 0 Å². The van der Waals surface area contributed by atoms with Gasteiger partial charge >= 0.3 is 0 Å². The molecule has 0 spiro atoms. The fraction of sp³-hybridized carbons (Fsp3) is 0.231. The van der Waals surface area contributed by atoms with Crippen LogP contribution >= 0.6 is 0 Å². The highest BCUT2D eigenvalue weighted by Gasteiger charge is 2.25. The number of hydrogen-bond acceptors (Lipinski definition) is 5. The quantitative estimate of drug-likeness (QED) is 0.640. The first-order chi connectivity index (χ1) is 16.1. The molecule has 2 amide bonds. The third kappa shape index (κ3) is 5.01. The van der Waals surface area contributed by atoms with Crippen LogP contribution in [-0.4, -0.2) is 41.9 Å². The summed E-state index contributed by atoms with van der Waals surface area (Å²) in [5.74, 6) is 0.472. The molecule has 1 aliphatic heterocycles. The summed E-state index contributed by atoms with van der Waals surface area (Å²) in [6.07, 6.45) is 4.82. The fourth-order valence-corrected chi connectivity index (χ4v) is 4.06. The predicted octanol–water partition coefficient (Wildman–Crippen LogP) is 4.23. The Kier molecular flexibility index (Phi) is 6.65. The standard InChI is InChI=1S/C26H24N4O3/c1-33-24-7-6-22(16-23(24)29-25(31)21-8-12-28-13-9-21)26(32)30-14-10-20(11-15-30)19-4-2-18(17-27)3-5-19/h2-9,12-13,16,20H,10-11,14-15H2,1H3,(H,29,31). The number of likely N-dealkylation sites (tertiary alicyclic amines) is 1. The van der Waals surface area contributed by atoms with Gasteiger partial charge in [0.25, 0.3) is 11.8 Å². The van der Waals surface area contributed by atoms with Crippen LogP contribution in [0.4, 0.5) is 5.69 Å². The maximum atomic E-state index is 13.2. The van der Waals surface area contributed by atoms with Crippen LogP contribution in [0, 0.1) is 11.3 Å². The Bertz CT molecular complexity index is 1180. The van der Waals surface area contributed by atoms with Gasteiger partial charge in [-0.25, -0.2) is 0 Å². The molecule has 166 valence electrons. The number of anilines is 1. The van der Waals surface area contributed by atoms with Crippen LogP contribution in [-0.2, 0) is 0 Å².